The summed E-state index contributed by atoms with van der Waals surface area (Å²) in [6.45, 7) is 14.7. The topological polar surface area (TPSA) is 80.1 Å². The fraction of sp³-hybridized carbons (Fsp3) is 0.0333. The zero-order valence-electron chi connectivity index (χ0n) is 23.8. The lowest BCUT2D eigenvalue weighted by molar-refractivity contribution is 0.442. The molecular formula is C30H6F12N5P. The smallest absolute Gasteiger partial charge is 0.237 e. The van der Waals surface area contributed by atoms with E-state index in [1.54, 1.807) is 9.84 Å². The number of hydrogen-bond donors (Lipinski definition) is 0. The number of nitriles is 3. The van der Waals surface area contributed by atoms with Crippen LogP contribution in [0.4, 0.5) is 58.4 Å². The first kappa shape index (κ1) is 34.8. The molecule has 1 aliphatic carbocycles. The molecule has 0 radical (unpaired) electrons. The molecule has 3 aromatic carbocycles. The molecule has 0 saturated heterocycles. The first-order valence-corrected chi connectivity index (χ1v) is 11.8. The predicted molar refractivity (Wildman–Crippen MR) is 144 cm³/mol. The fourth-order valence-corrected chi connectivity index (χ4v) is 4.47. The average Bonchev–Trinajstić information content (AvgIpc) is 3.81. The SMILES string of the molecule is [2H]P.[C-]#[N+]C(=C1C(=C(C#N)c2c(F)c(F)c(C)c(F)c2F)C1=C(C#N)c1c(F)c(F)c([N+]#[C-])c(F)c1F)c1c(F)c(F)c(C#N)c(F)c1F. The highest BCUT2D eigenvalue weighted by atomic mass is 31.0. The maximum atomic E-state index is 15.0. The summed E-state index contributed by atoms with van der Waals surface area (Å²) in [5, 5.41) is 28.5. The molecule has 0 aromatic heterocycles. The third-order valence-electron chi connectivity index (χ3n) is 6.71. The molecule has 0 N–H and O–H groups in total. The average molecular weight is 696 g/mol. The lowest BCUT2D eigenvalue weighted by Crippen LogP contribution is -2.06. The van der Waals surface area contributed by atoms with E-state index in [1.807, 2.05) is 0 Å². The molecular weight excluding hydrogens is 689 g/mol. The van der Waals surface area contributed by atoms with Crippen LogP contribution in [0.15, 0.2) is 16.7 Å². The minimum absolute atomic E-state index is 0.555. The van der Waals surface area contributed by atoms with E-state index >= 15 is 26.3 Å². The quantitative estimate of drug-likeness (QED) is 0.0904. The molecule has 5 nitrogen and oxygen atoms in total. The molecule has 0 amide bonds. The van der Waals surface area contributed by atoms with E-state index in [9.17, 15) is 36.9 Å². The van der Waals surface area contributed by atoms with E-state index in [0.717, 1.165) is 18.2 Å². The van der Waals surface area contributed by atoms with Crippen molar-refractivity contribution in [3.63, 3.8) is 0 Å². The van der Waals surface area contributed by atoms with E-state index in [4.69, 9.17) is 19.7 Å². The third kappa shape index (κ3) is 5.00. The highest BCUT2D eigenvalue weighted by molar-refractivity contribution is 6.92. The van der Waals surface area contributed by atoms with E-state index < -0.39 is 137 Å². The van der Waals surface area contributed by atoms with Crippen molar-refractivity contribution < 1.29 is 52.7 Å². The van der Waals surface area contributed by atoms with Gasteiger partial charge in [0.1, 0.15) is 23.8 Å². The Morgan fingerprint density at radius 1 is 0.562 bits per heavy atom. The van der Waals surface area contributed by atoms with Gasteiger partial charge in [-0.1, -0.05) is 0 Å². The van der Waals surface area contributed by atoms with Crippen LogP contribution in [0.2, 0.25) is 0 Å². The number of halogens is 12. The van der Waals surface area contributed by atoms with Crippen molar-refractivity contribution in [3.8, 4) is 18.2 Å². The van der Waals surface area contributed by atoms with Gasteiger partial charge >= 0.3 is 0 Å². The fourth-order valence-electron chi connectivity index (χ4n) is 4.47. The molecule has 1 unspecified atom stereocenters. The lowest BCUT2D eigenvalue weighted by Gasteiger charge is -2.09. The Morgan fingerprint density at radius 3 is 1.23 bits per heavy atom. The molecule has 4 rings (SSSR count). The van der Waals surface area contributed by atoms with Gasteiger partial charge in [-0.15, -0.1) is 0 Å². The molecule has 240 valence electrons. The van der Waals surface area contributed by atoms with Crippen LogP contribution in [0.25, 0.3) is 26.5 Å². The summed E-state index contributed by atoms with van der Waals surface area (Å²) in [4.78, 5) is 4.89. The maximum Gasteiger partial charge on any atom is 0.262 e. The minimum atomic E-state index is -2.48. The summed E-state index contributed by atoms with van der Waals surface area (Å²) >= 11 is 0. The standard InChI is InChI=1S/C30H3F12N5.H3P/c1-7-17(31)21(35)13(22(36)18(7)32)8(4-43)11-12(9(5-44)14-23(37)27(41)30(47-3)28(42)24(14)38)15(11)29(46-2)16-25(39)19(33)10(6-45)20(34)26(16)40;/h1H3;1H3/i;1D. The van der Waals surface area contributed by atoms with Crippen LogP contribution in [0.3, 0.4) is 0 Å². The zero-order chi connectivity index (χ0) is 37.4. The van der Waals surface area contributed by atoms with Crippen molar-refractivity contribution in [2.45, 2.75) is 6.92 Å². The second kappa shape index (κ2) is 13.0. The Hall–Kier alpha value is -6.08. The van der Waals surface area contributed by atoms with Crippen LogP contribution in [0.1, 0.15) is 27.8 Å². The van der Waals surface area contributed by atoms with Crippen LogP contribution >= 0.6 is 9.84 Å². The Morgan fingerprint density at radius 2 is 0.917 bits per heavy atom. The summed E-state index contributed by atoms with van der Waals surface area (Å²) < 4.78 is 183. The highest BCUT2D eigenvalue weighted by Gasteiger charge is 2.46. The molecule has 18 heteroatoms. The van der Waals surface area contributed by atoms with Gasteiger partial charge in [0.05, 0.1) is 42.3 Å². The maximum absolute atomic E-state index is 15.0. The largest absolute Gasteiger partial charge is 0.262 e. The number of allylic oxidation sites excluding steroid dienone is 5. The van der Waals surface area contributed by atoms with Crippen molar-refractivity contribution in [2.75, 3.05) is 0 Å². The molecule has 1 atom stereocenters. The van der Waals surface area contributed by atoms with Crippen molar-refractivity contribution in [3.05, 3.63) is 137 Å². The normalized spacial score (nSPS) is 15.0. The van der Waals surface area contributed by atoms with Crippen molar-refractivity contribution in [2.24, 2.45) is 0 Å². The Balaban J connectivity index is 0.00000319. The van der Waals surface area contributed by atoms with Gasteiger partial charge in [0.25, 0.3) is 5.69 Å². The van der Waals surface area contributed by atoms with E-state index in [0.29, 0.717) is 6.92 Å². The number of hydrogen-bond acceptors (Lipinski definition) is 3. The predicted octanol–water partition coefficient (Wildman–Crippen LogP) is 8.74. The van der Waals surface area contributed by atoms with Crippen LogP contribution in [-0.2, 0) is 0 Å². The minimum Gasteiger partial charge on any atom is -0.237 e. The van der Waals surface area contributed by atoms with Gasteiger partial charge in [-0.05, 0) is 23.6 Å². The lowest BCUT2D eigenvalue weighted by atomic mass is 9.99. The first-order valence-electron chi connectivity index (χ1n) is 12.4. The second-order valence-electron chi connectivity index (χ2n) is 9.02. The Bertz CT molecular complexity index is 2140. The molecule has 1 aliphatic rings. The second-order valence-corrected chi connectivity index (χ2v) is 9.02. The molecule has 0 aliphatic heterocycles. The molecule has 1 fully saturated rings. The van der Waals surface area contributed by atoms with Gasteiger partial charge in [0.2, 0.25) is 5.70 Å². The summed E-state index contributed by atoms with van der Waals surface area (Å²) in [6.07, 6.45) is 0. The monoisotopic (exact) mass is 696 g/mol. The van der Waals surface area contributed by atoms with Crippen molar-refractivity contribution in [1.29, 1.82) is 17.1 Å². The molecule has 0 bridgehead atoms. The zero-order valence-corrected chi connectivity index (χ0v) is 24.0. The first-order chi connectivity index (χ1) is 23.1. The summed E-state index contributed by atoms with van der Waals surface area (Å²) in [7, 11) is 1.67. The van der Waals surface area contributed by atoms with Crippen LogP contribution < -0.4 is 0 Å². The van der Waals surface area contributed by atoms with Gasteiger partial charge in [0, 0.05) is 5.56 Å². The van der Waals surface area contributed by atoms with E-state index in [2.05, 4.69) is 9.69 Å². The van der Waals surface area contributed by atoms with E-state index in [-0.39, 0.29) is 0 Å². The van der Waals surface area contributed by atoms with Crippen LogP contribution in [0.5, 0.6) is 0 Å². The van der Waals surface area contributed by atoms with Crippen LogP contribution in [-0.4, -0.2) is 1.28 Å². The third-order valence-corrected chi connectivity index (χ3v) is 6.71. The molecule has 3 aromatic rings. The molecule has 48 heavy (non-hydrogen) atoms. The number of nitrogens with zero attached hydrogens (tertiary/aromatic N) is 5. The number of rotatable bonds is 3. The Kier molecular flexibility index (Phi) is 9.40. The van der Waals surface area contributed by atoms with Crippen molar-refractivity contribution in [1.82, 2.24) is 0 Å². The number of benzene rings is 3. The van der Waals surface area contributed by atoms with E-state index in [1.165, 1.54) is 0 Å². The van der Waals surface area contributed by atoms with Crippen LogP contribution in [0, 0.1) is 124 Å². The summed E-state index contributed by atoms with van der Waals surface area (Å²) in [5.41, 5.74) is -20.1. The highest BCUT2D eigenvalue weighted by Crippen LogP contribution is 2.58. The van der Waals surface area contributed by atoms with Gasteiger partial charge in [-0.25, -0.2) is 62.4 Å². The molecule has 0 heterocycles. The Labute approximate surface area is 264 Å². The summed E-state index contributed by atoms with van der Waals surface area (Å²) in [6, 6.07) is 2.82. The molecule has 1 saturated carbocycles. The van der Waals surface area contributed by atoms with Gasteiger partial charge in [-0.3, -0.25) is 0 Å². The summed E-state index contributed by atoms with van der Waals surface area (Å²) in [5.74, 6) is -28.4. The molecule has 0 spiro atoms. The van der Waals surface area contributed by atoms with Crippen molar-refractivity contribution >= 4 is 32.4 Å². The van der Waals surface area contributed by atoms with Gasteiger partial charge < -0.3 is 0 Å². The van der Waals surface area contributed by atoms with Gasteiger partial charge in [0.15, 0.2) is 69.8 Å². The van der Waals surface area contributed by atoms with Gasteiger partial charge in [-0.2, -0.15) is 25.6 Å².